The largest absolute Gasteiger partial charge is 0.477 e. The van der Waals surface area contributed by atoms with Crippen LogP contribution in [-0.4, -0.2) is 33.3 Å². The van der Waals surface area contributed by atoms with Crippen molar-refractivity contribution in [3.8, 4) is 17.0 Å². The molecule has 1 unspecified atom stereocenters. The Labute approximate surface area is 186 Å². The molecule has 0 aliphatic heterocycles. The third-order valence-corrected chi connectivity index (χ3v) is 4.37. The Kier molecular flexibility index (Phi) is 6.81. The SMILES string of the molecule is CC(Oc1cnc(C(=O)NCc2cc(C(F)(F)F)no2)nc1-c1ccc(Cl)cc1)C(F)(F)F. The Morgan fingerprint density at radius 1 is 1.18 bits per heavy atom. The summed E-state index contributed by atoms with van der Waals surface area (Å²) in [5.74, 6) is -2.02. The number of ether oxygens (including phenoxy) is 1. The molecular weight excluding hydrogens is 482 g/mol. The van der Waals surface area contributed by atoms with Crippen molar-refractivity contribution in [2.75, 3.05) is 0 Å². The Balaban J connectivity index is 1.84. The molecule has 2 heterocycles. The van der Waals surface area contributed by atoms with E-state index < -0.39 is 42.4 Å². The summed E-state index contributed by atoms with van der Waals surface area (Å²) >= 11 is 5.83. The van der Waals surface area contributed by atoms with Crippen LogP contribution < -0.4 is 10.1 Å². The molecule has 0 saturated carbocycles. The number of carbonyl (C=O) groups is 1. The summed E-state index contributed by atoms with van der Waals surface area (Å²) in [5, 5.41) is 5.45. The average Bonchev–Trinajstić information content (AvgIpc) is 3.22. The predicted molar refractivity (Wildman–Crippen MR) is 101 cm³/mol. The molecule has 176 valence electrons. The smallest absolute Gasteiger partial charge is 0.436 e. The maximum absolute atomic E-state index is 12.9. The lowest BCUT2D eigenvalue weighted by molar-refractivity contribution is -0.189. The van der Waals surface area contributed by atoms with Crippen LogP contribution in [-0.2, 0) is 12.7 Å². The van der Waals surface area contributed by atoms with Gasteiger partial charge in [0.15, 0.2) is 23.3 Å². The molecular formula is C19H13ClF6N4O3. The van der Waals surface area contributed by atoms with Crippen molar-refractivity contribution in [2.45, 2.75) is 31.9 Å². The highest BCUT2D eigenvalue weighted by Gasteiger charge is 2.39. The molecule has 14 heteroatoms. The minimum absolute atomic E-state index is 0.123. The number of nitrogens with one attached hydrogen (secondary N) is 1. The Hall–Kier alpha value is -3.35. The van der Waals surface area contributed by atoms with Gasteiger partial charge in [0.25, 0.3) is 5.91 Å². The second-order valence-electron chi connectivity index (χ2n) is 6.57. The fourth-order valence-electron chi connectivity index (χ4n) is 2.41. The third kappa shape index (κ3) is 6.12. The molecule has 7 nitrogen and oxygen atoms in total. The van der Waals surface area contributed by atoms with Gasteiger partial charge in [-0.05, 0) is 19.1 Å². The number of aromatic nitrogens is 3. The highest BCUT2D eigenvalue weighted by Crippen LogP contribution is 2.32. The quantitative estimate of drug-likeness (QED) is 0.482. The molecule has 3 rings (SSSR count). The van der Waals surface area contributed by atoms with Crippen LogP contribution in [0, 0.1) is 0 Å². The van der Waals surface area contributed by atoms with Gasteiger partial charge in [0.05, 0.1) is 12.7 Å². The van der Waals surface area contributed by atoms with Gasteiger partial charge in [0, 0.05) is 16.7 Å². The molecule has 1 amide bonds. The lowest BCUT2D eigenvalue weighted by atomic mass is 10.1. The van der Waals surface area contributed by atoms with E-state index in [4.69, 9.17) is 16.3 Å². The molecule has 0 aliphatic carbocycles. The first-order valence-corrected chi connectivity index (χ1v) is 9.39. The standard InChI is InChI=1S/C19H13ClF6N4O3/c1-9(18(21,22)23)32-13-8-27-16(29-15(13)10-2-4-11(20)5-3-10)17(31)28-7-12-6-14(30-33-12)19(24,25)26/h2-6,8-9H,7H2,1H3,(H,28,31). The summed E-state index contributed by atoms with van der Waals surface area (Å²) in [6.45, 7) is 0.323. The fourth-order valence-corrected chi connectivity index (χ4v) is 2.54. The number of benzene rings is 1. The third-order valence-electron chi connectivity index (χ3n) is 4.11. The molecule has 33 heavy (non-hydrogen) atoms. The lowest BCUT2D eigenvalue weighted by Gasteiger charge is -2.19. The van der Waals surface area contributed by atoms with Crippen LogP contribution in [0.2, 0.25) is 5.02 Å². The number of amides is 1. The highest BCUT2D eigenvalue weighted by atomic mass is 35.5. The van der Waals surface area contributed by atoms with Gasteiger partial charge in [-0.3, -0.25) is 4.79 Å². The van der Waals surface area contributed by atoms with Gasteiger partial charge in [-0.15, -0.1) is 0 Å². The van der Waals surface area contributed by atoms with Crippen molar-refractivity contribution in [2.24, 2.45) is 0 Å². The summed E-state index contributed by atoms with van der Waals surface area (Å²) in [6, 6.07) is 6.42. The van der Waals surface area contributed by atoms with Gasteiger partial charge >= 0.3 is 12.4 Å². The number of nitrogens with zero attached hydrogens (tertiary/aromatic N) is 3. The maximum atomic E-state index is 12.9. The molecule has 1 N–H and O–H groups in total. The number of carbonyl (C=O) groups excluding carboxylic acids is 1. The zero-order valence-electron chi connectivity index (χ0n) is 16.5. The van der Waals surface area contributed by atoms with Gasteiger partial charge in [-0.1, -0.05) is 28.9 Å². The van der Waals surface area contributed by atoms with Gasteiger partial charge in [0.1, 0.15) is 5.69 Å². The first kappa shape index (κ1) is 24.3. The molecule has 2 aromatic heterocycles. The second kappa shape index (κ2) is 9.25. The van der Waals surface area contributed by atoms with E-state index in [1.54, 1.807) is 0 Å². The summed E-state index contributed by atoms with van der Waals surface area (Å²) < 4.78 is 86.0. The number of hydrogen-bond donors (Lipinski definition) is 1. The van der Waals surface area contributed by atoms with E-state index in [-0.39, 0.29) is 22.8 Å². The summed E-state index contributed by atoms with van der Waals surface area (Å²) in [4.78, 5) is 20.1. The van der Waals surface area contributed by atoms with E-state index in [1.165, 1.54) is 24.3 Å². The number of rotatable bonds is 6. The van der Waals surface area contributed by atoms with Crippen LogP contribution in [0.4, 0.5) is 26.3 Å². The van der Waals surface area contributed by atoms with Crippen molar-refractivity contribution < 1.29 is 40.4 Å². The number of alkyl halides is 6. The fraction of sp³-hybridized carbons (Fsp3) is 0.263. The van der Waals surface area contributed by atoms with Crippen molar-refractivity contribution in [3.63, 3.8) is 0 Å². The van der Waals surface area contributed by atoms with E-state index >= 15 is 0 Å². The minimum Gasteiger partial charge on any atom is -0.477 e. The first-order chi connectivity index (χ1) is 15.3. The average molecular weight is 495 g/mol. The van der Waals surface area contributed by atoms with E-state index in [2.05, 4.69) is 25.0 Å². The van der Waals surface area contributed by atoms with Gasteiger partial charge in [-0.25, -0.2) is 9.97 Å². The molecule has 0 fully saturated rings. The van der Waals surface area contributed by atoms with Gasteiger partial charge in [-0.2, -0.15) is 26.3 Å². The molecule has 0 bridgehead atoms. The zero-order chi connectivity index (χ0) is 24.4. The van der Waals surface area contributed by atoms with E-state index in [1.807, 2.05) is 0 Å². The highest BCUT2D eigenvalue weighted by molar-refractivity contribution is 6.30. The topological polar surface area (TPSA) is 90.1 Å². The van der Waals surface area contributed by atoms with Gasteiger partial charge in [0.2, 0.25) is 5.82 Å². The number of halogens is 7. The molecule has 3 aromatic rings. The van der Waals surface area contributed by atoms with Crippen molar-refractivity contribution in [1.29, 1.82) is 0 Å². The Morgan fingerprint density at radius 2 is 1.85 bits per heavy atom. The van der Waals surface area contributed by atoms with Crippen molar-refractivity contribution >= 4 is 17.5 Å². The van der Waals surface area contributed by atoms with Gasteiger partial charge < -0.3 is 14.6 Å². The summed E-state index contributed by atoms with van der Waals surface area (Å²) in [7, 11) is 0. The molecule has 0 saturated heterocycles. The molecule has 0 radical (unpaired) electrons. The monoisotopic (exact) mass is 494 g/mol. The van der Waals surface area contributed by atoms with Crippen LogP contribution in [0.15, 0.2) is 41.1 Å². The Morgan fingerprint density at radius 3 is 2.42 bits per heavy atom. The number of hydrogen-bond acceptors (Lipinski definition) is 6. The van der Waals surface area contributed by atoms with Crippen molar-refractivity contribution in [3.05, 3.63) is 58.8 Å². The van der Waals surface area contributed by atoms with Crippen LogP contribution in [0.25, 0.3) is 11.3 Å². The second-order valence-corrected chi connectivity index (χ2v) is 7.01. The normalized spacial score (nSPS) is 13.0. The van der Waals surface area contributed by atoms with Crippen LogP contribution in [0.3, 0.4) is 0 Å². The Bertz CT molecular complexity index is 1130. The van der Waals surface area contributed by atoms with Crippen LogP contribution in [0.1, 0.15) is 29.0 Å². The van der Waals surface area contributed by atoms with E-state index in [0.717, 1.165) is 13.1 Å². The van der Waals surface area contributed by atoms with Crippen LogP contribution in [0.5, 0.6) is 5.75 Å². The van der Waals surface area contributed by atoms with Crippen LogP contribution >= 0.6 is 11.6 Å². The summed E-state index contributed by atoms with van der Waals surface area (Å²) in [5.41, 5.74) is -1.11. The first-order valence-electron chi connectivity index (χ1n) is 9.02. The minimum atomic E-state index is -4.72. The lowest BCUT2D eigenvalue weighted by Crippen LogP contribution is -2.31. The molecule has 1 aromatic carbocycles. The van der Waals surface area contributed by atoms with E-state index in [0.29, 0.717) is 11.1 Å². The maximum Gasteiger partial charge on any atom is 0.436 e. The molecule has 0 aliphatic rings. The predicted octanol–water partition coefficient (Wildman–Crippen LogP) is 5.06. The zero-order valence-corrected chi connectivity index (χ0v) is 17.2. The van der Waals surface area contributed by atoms with E-state index in [9.17, 15) is 31.1 Å². The van der Waals surface area contributed by atoms with Crippen molar-refractivity contribution in [1.82, 2.24) is 20.4 Å². The summed E-state index contributed by atoms with van der Waals surface area (Å²) in [6.07, 6.45) is -10.7. The molecule has 1 atom stereocenters. The molecule has 0 spiro atoms.